The molecule has 1 atom stereocenters. The second-order valence-corrected chi connectivity index (χ2v) is 5.98. The Labute approximate surface area is 147 Å². The molecule has 0 fully saturated rings. The Morgan fingerprint density at radius 1 is 1.16 bits per heavy atom. The molecule has 0 saturated carbocycles. The molecule has 25 heavy (non-hydrogen) atoms. The fraction of sp³-hybridized carbons (Fsp3) is 0.200. The number of benzene rings is 2. The maximum atomic E-state index is 12.0. The number of carbonyl (C=O) groups excluding carboxylic acids is 1. The second kappa shape index (κ2) is 7.21. The van der Waals surface area contributed by atoms with Crippen molar-refractivity contribution < 1.29 is 9.53 Å². The summed E-state index contributed by atoms with van der Waals surface area (Å²) < 4.78 is 5.80. The first-order valence-corrected chi connectivity index (χ1v) is 8.13. The number of aliphatic imine (C=N–C) groups is 1. The van der Waals surface area contributed by atoms with E-state index in [4.69, 9.17) is 10.5 Å². The number of hydrogen-bond acceptors (Lipinski definition) is 5. The normalized spacial score (nSPS) is 16.9. The van der Waals surface area contributed by atoms with E-state index in [1.54, 1.807) is 6.92 Å². The molecule has 2 aromatic rings. The molecule has 3 N–H and O–H groups in total. The quantitative estimate of drug-likeness (QED) is 0.880. The van der Waals surface area contributed by atoms with E-state index in [-0.39, 0.29) is 11.8 Å². The van der Waals surface area contributed by atoms with Crippen molar-refractivity contribution in [3.8, 4) is 5.75 Å². The van der Waals surface area contributed by atoms with Crippen LogP contribution < -0.4 is 15.8 Å². The van der Waals surface area contributed by atoms with Crippen LogP contribution in [0.1, 0.15) is 31.0 Å². The van der Waals surface area contributed by atoms with Gasteiger partial charge in [0, 0.05) is 11.3 Å². The van der Waals surface area contributed by atoms with E-state index >= 15 is 0 Å². The molecule has 0 bridgehead atoms. The van der Waals surface area contributed by atoms with Gasteiger partial charge in [-0.05, 0) is 37.1 Å². The summed E-state index contributed by atoms with van der Waals surface area (Å²) in [5, 5.41) is 2.92. The average molecular weight is 335 g/mol. The van der Waals surface area contributed by atoms with Crippen molar-refractivity contribution in [1.29, 1.82) is 0 Å². The molecular weight excluding hydrogens is 314 g/mol. The number of Topliss-reactive ketones (excluding diaryl/α,β-unsaturated/α-hetero) is 1. The lowest BCUT2D eigenvalue weighted by Gasteiger charge is -2.24. The summed E-state index contributed by atoms with van der Waals surface area (Å²) in [5.74, 6) is 1.07. The van der Waals surface area contributed by atoms with Gasteiger partial charge in [-0.2, -0.15) is 0 Å². The lowest BCUT2D eigenvalue weighted by molar-refractivity contribution is -0.113. The van der Waals surface area contributed by atoms with Crippen LogP contribution in [-0.4, -0.2) is 11.7 Å². The second-order valence-electron chi connectivity index (χ2n) is 5.98. The summed E-state index contributed by atoms with van der Waals surface area (Å²) in [6.45, 7) is 3.89. The number of allylic oxidation sites excluding steroid dienone is 1. The molecule has 1 heterocycles. The van der Waals surface area contributed by atoms with Crippen molar-refractivity contribution in [3.63, 3.8) is 0 Å². The third-order valence-corrected chi connectivity index (χ3v) is 4.08. The summed E-state index contributed by atoms with van der Waals surface area (Å²) in [5.41, 5.74) is 9.22. The minimum atomic E-state index is -0.387. The van der Waals surface area contributed by atoms with E-state index in [2.05, 4.69) is 10.3 Å². The van der Waals surface area contributed by atoms with Gasteiger partial charge in [0.2, 0.25) is 0 Å². The molecular formula is C20H21N3O2. The maximum absolute atomic E-state index is 12.0. The number of hydrogen-bond donors (Lipinski definition) is 2. The van der Waals surface area contributed by atoms with Gasteiger partial charge in [0.25, 0.3) is 0 Å². The van der Waals surface area contributed by atoms with Gasteiger partial charge in [-0.3, -0.25) is 4.79 Å². The highest BCUT2D eigenvalue weighted by Crippen LogP contribution is 2.31. The fourth-order valence-corrected chi connectivity index (χ4v) is 2.89. The Bertz CT molecular complexity index is 824. The predicted molar refractivity (Wildman–Crippen MR) is 98.1 cm³/mol. The highest BCUT2D eigenvalue weighted by atomic mass is 16.5. The van der Waals surface area contributed by atoms with Gasteiger partial charge in [0.15, 0.2) is 11.7 Å². The van der Waals surface area contributed by atoms with Gasteiger partial charge in [-0.1, -0.05) is 42.5 Å². The maximum Gasteiger partial charge on any atom is 0.193 e. The Morgan fingerprint density at radius 2 is 1.84 bits per heavy atom. The largest absolute Gasteiger partial charge is 0.489 e. The molecule has 0 aliphatic carbocycles. The van der Waals surface area contributed by atoms with Crippen molar-refractivity contribution in [1.82, 2.24) is 5.32 Å². The lowest BCUT2D eigenvalue weighted by atomic mass is 9.94. The number of nitrogens with two attached hydrogens (primary N) is 1. The highest BCUT2D eigenvalue weighted by Gasteiger charge is 2.26. The number of guanidine groups is 1. The number of ketones is 1. The van der Waals surface area contributed by atoms with Gasteiger partial charge < -0.3 is 15.8 Å². The van der Waals surface area contributed by atoms with E-state index < -0.39 is 0 Å². The van der Waals surface area contributed by atoms with E-state index in [1.807, 2.05) is 61.5 Å². The van der Waals surface area contributed by atoms with Gasteiger partial charge in [0.1, 0.15) is 18.4 Å². The molecule has 1 unspecified atom stereocenters. The van der Waals surface area contributed by atoms with Crippen LogP contribution in [0, 0.1) is 0 Å². The zero-order chi connectivity index (χ0) is 17.8. The first-order chi connectivity index (χ1) is 12.0. The van der Waals surface area contributed by atoms with Crippen molar-refractivity contribution in [2.75, 3.05) is 0 Å². The van der Waals surface area contributed by atoms with Crippen LogP contribution in [-0.2, 0) is 11.4 Å². The first-order valence-electron chi connectivity index (χ1n) is 8.13. The molecule has 2 aromatic carbocycles. The van der Waals surface area contributed by atoms with E-state index in [1.165, 1.54) is 0 Å². The Balaban J connectivity index is 1.77. The van der Waals surface area contributed by atoms with Crippen LogP contribution in [0.3, 0.4) is 0 Å². The molecule has 0 amide bonds. The molecule has 0 aromatic heterocycles. The summed E-state index contributed by atoms with van der Waals surface area (Å²) in [7, 11) is 0. The third kappa shape index (κ3) is 3.88. The number of nitrogens with zero attached hydrogens (tertiary/aromatic N) is 1. The minimum Gasteiger partial charge on any atom is -0.489 e. The van der Waals surface area contributed by atoms with Crippen molar-refractivity contribution in [3.05, 3.63) is 77.0 Å². The molecule has 5 heteroatoms. The molecule has 1 aliphatic heterocycles. The monoisotopic (exact) mass is 335 g/mol. The van der Waals surface area contributed by atoms with Crippen LogP contribution >= 0.6 is 0 Å². The smallest absolute Gasteiger partial charge is 0.193 e. The van der Waals surface area contributed by atoms with Crippen LogP contribution in [0.15, 0.2) is 70.9 Å². The summed E-state index contributed by atoms with van der Waals surface area (Å²) in [6.07, 6.45) is 0. The van der Waals surface area contributed by atoms with Gasteiger partial charge in [-0.15, -0.1) is 0 Å². The molecule has 128 valence electrons. The number of carbonyl (C=O) groups is 1. The fourth-order valence-electron chi connectivity index (χ4n) is 2.89. The third-order valence-electron chi connectivity index (χ3n) is 4.08. The van der Waals surface area contributed by atoms with E-state index in [0.29, 0.717) is 18.1 Å². The van der Waals surface area contributed by atoms with Gasteiger partial charge in [0.05, 0.1) is 0 Å². The molecule has 0 saturated heterocycles. The first kappa shape index (κ1) is 16.8. The SMILES string of the molecule is CC(=O)C1=C(C)NC(N)=NC1c1ccc(OCc2ccccc2)cc1. The summed E-state index contributed by atoms with van der Waals surface area (Å²) in [4.78, 5) is 16.4. The molecule has 5 nitrogen and oxygen atoms in total. The average Bonchev–Trinajstić information content (AvgIpc) is 2.60. The number of nitrogens with one attached hydrogen (secondary N) is 1. The molecule has 0 radical (unpaired) electrons. The van der Waals surface area contributed by atoms with Crippen molar-refractivity contribution in [2.24, 2.45) is 10.7 Å². The summed E-state index contributed by atoms with van der Waals surface area (Å²) in [6, 6.07) is 17.2. The standard InChI is InChI=1S/C20H21N3O2/c1-13-18(14(2)24)19(23-20(21)22-13)16-8-10-17(11-9-16)25-12-15-6-4-3-5-7-15/h3-11,19H,12H2,1-2H3,(H3,21,22,23). The zero-order valence-corrected chi connectivity index (χ0v) is 14.3. The van der Waals surface area contributed by atoms with Crippen LogP contribution in [0.5, 0.6) is 5.75 Å². The van der Waals surface area contributed by atoms with E-state index in [0.717, 1.165) is 22.6 Å². The zero-order valence-electron chi connectivity index (χ0n) is 14.3. The topological polar surface area (TPSA) is 76.7 Å². The molecule has 3 rings (SSSR count). The lowest BCUT2D eigenvalue weighted by Crippen LogP contribution is -2.36. The van der Waals surface area contributed by atoms with Crippen molar-refractivity contribution in [2.45, 2.75) is 26.5 Å². The number of ether oxygens (including phenoxy) is 1. The van der Waals surface area contributed by atoms with Crippen molar-refractivity contribution >= 4 is 11.7 Å². The number of rotatable bonds is 5. The Kier molecular flexibility index (Phi) is 4.84. The van der Waals surface area contributed by atoms with Crippen LogP contribution in [0.4, 0.5) is 0 Å². The Hall–Kier alpha value is -3.08. The van der Waals surface area contributed by atoms with E-state index in [9.17, 15) is 4.79 Å². The minimum absolute atomic E-state index is 0.0179. The van der Waals surface area contributed by atoms with Crippen LogP contribution in [0.2, 0.25) is 0 Å². The van der Waals surface area contributed by atoms with Gasteiger partial charge in [-0.25, -0.2) is 4.99 Å². The Morgan fingerprint density at radius 3 is 2.48 bits per heavy atom. The molecule has 1 aliphatic rings. The molecule has 0 spiro atoms. The highest BCUT2D eigenvalue weighted by molar-refractivity contribution is 5.98. The van der Waals surface area contributed by atoms with Crippen LogP contribution in [0.25, 0.3) is 0 Å². The summed E-state index contributed by atoms with van der Waals surface area (Å²) >= 11 is 0. The van der Waals surface area contributed by atoms with Gasteiger partial charge >= 0.3 is 0 Å². The predicted octanol–water partition coefficient (Wildman–Crippen LogP) is 3.09.